The molecule has 1 aliphatic heterocycles. The highest BCUT2D eigenvalue weighted by molar-refractivity contribution is 5.47. The minimum absolute atomic E-state index is 0.293. The topological polar surface area (TPSA) is 69.7 Å². The van der Waals surface area contributed by atoms with Crippen LogP contribution in [0.25, 0.3) is 0 Å². The van der Waals surface area contributed by atoms with E-state index < -0.39 is 6.10 Å². The Hall–Kier alpha value is -1.10. The molecular formula is C14H22N2O2. The summed E-state index contributed by atoms with van der Waals surface area (Å²) >= 11 is 0. The maximum absolute atomic E-state index is 10.2. The van der Waals surface area contributed by atoms with Gasteiger partial charge in [0.2, 0.25) is 0 Å². The zero-order valence-corrected chi connectivity index (χ0v) is 10.8. The molecule has 4 nitrogen and oxygen atoms in total. The van der Waals surface area contributed by atoms with Gasteiger partial charge in [0.1, 0.15) is 0 Å². The molecule has 0 radical (unpaired) electrons. The summed E-state index contributed by atoms with van der Waals surface area (Å²) in [5.74, 6) is 0.347. The van der Waals surface area contributed by atoms with Crippen molar-refractivity contribution in [2.75, 3.05) is 25.4 Å². The zero-order chi connectivity index (χ0) is 13.1. The first kappa shape index (κ1) is 13.3. The third-order valence-corrected chi connectivity index (χ3v) is 3.79. The van der Waals surface area contributed by atoms with E-state index in [2.05, 4.69) is 11.8 Å². The van der Waals surface area contributed by atoms with Gasteiger partial charge in [-0.3, -0.25) is 4.90 Å². The van der Waals surface area contributed by atoms with Crippen LogP contribution >= 0.6 is 0 Å². The van der Waals surface area contributed by atoms with Crippen LogP contribution in [0.1, 0.15) is 25.0 Å². The number of anilines is 1. The molecular weight excluding hydrogens is 228 g/mol. The average molecular weight is 250 g/mol. The molecule has 1 aliphatic rings. The highest BCUT2D eigenvalue weighted by Crippen LogP contribution is 2.23. The van der Waals surface area contributed by atoms with Crippen molar-refractivity contribution < 1.29 is 10.2 Å². The van der Waals surface area contributed by atoms with E-state index in [1.807, 2.05) is 18.2 Å². The molecule has 1 aromatic rings. The van der Waals surface area contributed by atoms with Gasteiger partial charge in [-0.1, -0.05) is 25.1 Å². The fourth-order valence-electron chi connectivity index (χ4n) is 2.44. The van der Waals surface area contributed by atoms with Crippen LogP contribution in [-0.2, 0) is 0 Å². The minimum atomic E-state index is -0.591. The van der Waals surface area contributed by atoms with E-state index in [0.29, 0.717) is 24.7 Å². The minimum Gasteiger partial charge on any atom is -0.398 e. The fraction of sp³-hybridized carbons (Fsp3) is 0.571. The summed E-state index contributed by atoms with van der Waals surface area (Å²) in [5.41, 5.74) is 7.24. The summed E-state index contributed by atoms with van der Waals surface area (Å²) in [7, 11) is 0. The Morgan fingerprint density at radius 1 is 1.44 bits per heavy atom. The number of β-amino-alcohol motifs (C(OH)–C–C–N with tert-alkyl or cyclic N) is 2. The lowest BCUT2D eigenvalue weighted by Crippen LogP contribution is -2.44. The van der Waals surface area contributed by atoms with Crippen molar-refractivity contribution in [3.05, 3.63) is 29.8 Å². The van der Waals surface area contributed by atoms with Gasteiger partial charge < -0.3 is 15.9 Å². The van der Waals surface area contributed by atoms with Crippen molar-refractivity contribution in [2.24, 2.45) is 5.92 Å². The molecule has 100 valence electrons. The highest BCUT2D eigenvalue weighted by Gasteiger charge is 2.26. The third kappa shape index (κ3) is 3.02. The molecule has 0 aromatic heterocycles. The predicted octanol–water partition coefficient (Wildman–Crippen LogP) is 1.00. The zero-order valence-electron chi connectivity index (χ0n) is 10.8. The van der Waals surface area contributed by atoms with Crippen LogP contribution in [-0.4, -0.2) is 40.9 Å². The fourth-order valence-corrected chi connectivity index (χ4v) is 2.44. The quantitative estimate of drug-likeness (QED) is 0.700. The first-order valence-electron chi connectivity index (χ1n) is 6.51. The standard InChI is InChI=1S/C14H22N2O2/c1-10-6-7-16(8-13(10)17)9-14(18)11-4-2-3-5-12(11)15/h2-5,10,13-14,17-18H,6-9,15H2,1H3. The Morgan fingerprint density at radius 3 is 2.83 bits per heavy atom. The van der Waals surface area contributed by atoms with Crippen molar-refractivity contribution in [1.29, 1.82) is 0 Å². The van der Waals surface area contributed by atoms with Crippen LogP contribution < -0.4 is 5.73 Å². The smallest absolute Gasteiger partial charge is 0.0936 e. The molecule has 1 aromatic carbocycles. The Morgan fingerprint density at radius 2 is 2.17 bits per heavy atom. The van der Waals surface area contributed by atoms with Crippen molar-refractivity contribution in [1.82, 2.24) is 4.90 Å². The second kappa shape index (κ2) is 5.69. The van der Waals surface area contributed by atoms with E-state index in [-0.39, 0.29) is 6.10 Å². The van der Waals surface area contributed by atoms with Crippen molar-refractivity contribution in [2.45, 2.75) is 25.6 Å². The molecule has 0 bridgehead atoms. The van der Waals surface area contributed by atoms with Gasteiger partial charge in [-0.05, 0) is 24.9 Å². The number of benzene rings is 1. The summed E-state index contributed by atoms with van der Waals surface area (Å²) in [6.45, 7) is 4.14. The van der Waals surface area contributed by atoms with Crippen LogP contribution in [0.4, 0.5) is 5.69 Å². The lowest BCUT2D eigenvalue weighted by atomic mass is 9.95. The monoisotopic (exact) mass is 250 g/mol. The summed E-state index contributed by atoms with van der Waals surface area (Å²) in [5, 5.41) is 20.0. The Kier molecular flexibility index (Phi) is 4.22. The van der Waals surface area contributed by atoms with E-state index >= 15 is 0 Å². The summed E-state index contributed by atoms with van der Waals surface area (Å²) in [6, 6.07) is 7.38. The molecule has 0 aliphatic carbocycles. The third-order valence-electron chi connectivity index (χ3n) is 3.79. The lowest BCUT2D eigenvalue weighted by Gasteiger charge is -2.35. The van der Waals surface area contributed by atoms with E-state index in [1.165, 1.54) is 0 Å². The number of hydrogen-bond donors (Lipinski definition) is 3. The van der Waals surface area contributed by atoms with Gasteiger partial charge in [-0.15, -0.1) is 0 Å². The van der Waals surface area contributed by atoms with Gasteiger partial charge >= 0.3 is 0 Å². The molecule has 4 heteroatoms. The molecule has 0 amide bonds. The first-order valence-corrected chi connectivity index (χ1v) is 6.51. The van der Waals surface area contributed by atoms with E-state index in [9.17, 15) is 10.2 Å². The van der Waals surface area contributed by atoms with Gasteiger partial charge in [0.15, 0.2) is 0 Å². The van der Waals surface area contributed by atoms with Crippen LogP contribution in [0.15, 0.2) is 24.3 Å². The molecule has 3 atom stereocenters. The molecule has 2 rings (SSSR count). The van der Waals surface area contributed by atoms with Crippen molar-refractivity contribution >= 4 is 5.69 Å². The SMILES string of the molecule is CC1CCN(CC(O)c2ccccc2N)CC1O. The maximum Gasteiger partial charge on any atom is 0.0936 e. The van der Waals surface area contributed by atoms with E-state index in [0.717, 1.165) is 18.5 Å². The number of aliphatic hydroxyl groups excluding tert-OH is 2. The number of hydrogen-bond acceptors (Lipinski definition) is 4. The number of piperidine rings is 1. The van der Waals surface area contributed by atoms with Gasteiger partial charge in [0.25, 0.3) is 0 Å². The second-order valence-corrected chi connectivity index (χ2v) is 5.24. The predicted molar refractivity (Wildman–Crippen MR) is 72.0 cm³/mol. The Labute approximate surface area is 108 Å². The largest absolute Gasteiger partial charge is 0.398 e. The van der Waals surface area contributed by atoms with Gasteiger partial charge in [0.05, 0.1) is 12.2 Å². The van der Waals surface area contributed by atoms with Crippen LogP contribution in [0.5, 0.6) is 0 Å². The Bertz CT molecular complexity index is 397. The van der Waals surface area contributed by atoms with Gasteiger partial charge in [-0.2, -0.15) is 0 Å². The van der Waals surface area contributed by atoms with Crippen molar-refractivity contribution in [3.63, 3.8) is 0 Å². The molecule has 1 heterocycles. The van der Waals surface area contributed by atoms with E-state index in [1.54, 1.807) is 6.07 Å². The number of likely N-dealkylation sites (tertiary alicyclic amines) is 1. The molecule has 1 saturated heterocycles. The van der Waals surface area contributed by atoms with Gasteiger partial charge in [0, 0.05) is 24.3 Å². The van der Waals surface area contributed by atoms with E-state index in [4.69, 9.17) is 5.73 Å². The maximum atomic E-state index is 10.2. The summed E-state index contributed by atoms with van der Waals surface area (Å²) in [6.07, 6.45) is 0.0869. The normalized spacial score (nSPS) is 27.1. The highest BCUT2D eigenvalue weighted by atomic mass is 16.3. The first-order chi connectivity index (χ1) is 8.58. The molecule has 1 fully saturated rings. The molecule has 3 unspecified atom stereocenters. The van der Waals surface area contributed by atoms with Crippen LogP contribution in [0.3, 0.4) is 0 Å². The second-order valence-electron chi connectivity index (χ2n) is 5.24. The number of rotatable bonds is 3. The number of aliphatic hydroxyl groups is 2. The van der Waals surface area contributed by atoms with Crippen LogP contribution in [0, 0.1) is 5.92 Å². The molecule has 18 heavy (non-hydrogen) atoms. The Balaban J connectivity index is 1.96. The molecule has 4 N–H and O–H groups in total. The van der Waals surface area contributed by atoms with Crippen LogP contribution in [0.2, 0.25) is 0 Å². The summed E-state index contributed by atoms with van der Waals surface area (Å²) in [4.78, 5) is 2.10. The number of nitrogens with zero attached hydrogens (tertiary/aromatic N) is 1. The molecule has 0 saturated carbocycles. The average Bonchev–Trinajstić information content (AvgIpc) is 2.34. The number of nitrogens with two attached hydrogens (primary N) is 1. The lowest BCUT2D eigenvalue weighted by molar-refractivity contribution is 0.00871. The number of nitrogen functional groups attached to an aromatic ring is 1. The number of para-hydroxylation sites is 1. The molecule has 0 spiro atoms. The van der Waals surface area contributed by atoms with Crippen molar-refractivity contribution in [3.8, 4) is 0 Å². The van der Waals surface area contributed by atoms with Gasteiger partial charge in [-0.25, -0.2) is 0 Å². The summed E-state index contributed by atoms with van der Waals surface area (Å²) < 4.78 is 0.